The molecule has 1 aromatic carbocycles. The molecule has 3 N–H and O–H groups in total. The number of hydrogen-bond acceptors (Lipinski definition) is 3. The Bertz CT molecular complexity index is 416. The number of anilines is 1. The summed E-state index contributed by atoms with van der Waals surface area (Å²) in [6, 6.07) is 5.66. The van der Waals surface area contributed by atoms with Crippen LogP contribution in [0.15, 0.2) is 18.2 Å². The van der Waals surface area contributed by atoms with Crippen LogP contribution in [0, 0.1) is 5.92 Å². The van der Waals surface area contributed by atoms with Crippen LogP contribution >= 0.6 is 0 Å². The molecule has 1 unspecified atom stereocenters. The van der Waals surface area contributed by atoms with Crippen LogP contribution in [0.4, 0.5) is 5.69 Å². The smallest absolute Gasteiger partial charge is 0.228 e. The van der Waals surface area contributed by atoms with Crippen molar-refractivity contribution in [3.8, 4) is 5.75 Å². The van der Waals surface area contributed by atoms with E-state index in [-0.39, 0.29) is 11.8 Å². The zero-order valence-electron chi connectivity index (χ0n) is 11.5. The number of carbonyl (C=O) groups excluding carboxylic acids is 1. The van der Waals surface area contributed by atoms with Crippen molar-refractivity contribution < 1.29 is 9.53 Å². The molecule has 4 heteroatoms. The molecule has 1 aromatic rings. The lowest BCUT2D eigenvalue weighted by Gasteiger charge is -2.15. The largest absolute Gasteiger partial charge is 0.496 e. The Morgan fingerprint density at radius 1 is 1.39 bits per heavy atom. The van der Waals surface area contributed by atoms with Gasteiger partial charge in [0, 0.05) is 18.2 Å². The Hall–Kier alpha value is -1.55. The van der Waals surface area contributed by atoms with Gasteiger partial charge in [0.15, 0.2) is 0 Å². The molecule has 0 fully saturated rings. The fourth-order valence-electron chi connectivity index (χ4n) is 1.64. The third-order valence-corrected chi connectivity index (χ3v) is 2.92. The van der Waals surface area contributed by atoms with Crippen LogP contribution in [-0.4, -0.2) is 19.6 Å². The molecule has 0 saturated heterocycles. The van der Waals surface area contributed by atoms with Gasteiger partial charge in [0.1, 0.15) is 5.75 Å². The molecule has 0 aliphatic heterocycles. The number of hydrogen-bond donors (Lipinski definition) is 2. The average molecular weight is 250 g/mol. The summed E-state index contributed by atoms with van der Waals surface area (Å²) in [6.45, 7) is 6.33. The summed E-state index contributed by atoms with van der Waals surface area (Å²) in [6.07, 6.45) is 0. The van der Waals surface area contributed by atoms with E-state index < -0.39 is 0 Å². The number of nitrogens with two attached hydrogens (primary N) is 1. The summed E-state index contributed by atoms with van der Waals surface area (Å²) < 4.78 is 5.30. The van der Waals surface area contributed by atoms with E-state index in [1.807, 2.05) is 25.1 Å². The van der Waals surface area contributed by atoms with Crippen LogP contribution in [0.2, 0.25) is 0 Å². The number of amides is 1. The second-order valence-corrected chi connectivity index (χ2v) is 4.74. The summed E-state index contributed by atoms with van der Waals surface area (Å²) in [5.74, 6) is 0.936. The standard InChI is InChI=1S/C14H22N2O2/c1-9(2)12-7-11(5-6-13(12)18-4)16-14(17)10(3)8-15/h5-7,9-10H,8,15H2,1-4H3,(H,16,17). The molecular weight excluding hydrogens is 228 g/mol. The van der Waals surface area contributed by atoms with E-state index in [1.165, 1.54) is 0 Å². The minimum absolute atomic E-state index is 0.0580. The van der Waals surface area contributed by atoms with Crippen molar-refractivity contribution in [2.24, 2.45) is 11.7 Å². The fourth-order valence-corrected chi connectivity index (χ4v) is 1.64. The zero-order valence-corrected chi connectivity index (χ0v) is 11.5. The van der Waals surface area contributed by atoms with E-state index in [0.717, 1.165) is 17.0 Å². The maximum Gasteiger partial charge on any atom is 0.228 e. The van der Waals surface area contributed by atoms with Gasteiger partial charge in [-0.1, -0.05) is 20.8 Å². The van der Waals surface area contributed by atoms with Crippen LogP contribution in [0.1, 0.15) is 32.3 Å². The number of ether oxygens (including phenoxy) is 1. The highest BCUT2D eigenvalue weighted by atomic mass is 16.5. The molecule has 0 aliphatic rings. The first-order valence-electron chi connectivity index (χ1n) is 6.18. The van der Waals surface area contributed by atoms with E-state index in [9.17, 15) is 4.79 Å². The second kappa shape index (κ2) is 6.40. The van der Waals surface area contributed by atoms with Gasteiger partial charge >= 0.3 is 0 Å². The van der Waals surface area contributed by atoms with Gasteiger partial charge in [0.05, 0.1) is 7.11 Å². The number of rotatable bonds is 5. The highest BCUT2D eigenvalue weighted by Gasteiger charge is 2.13. The van der Waals surface area contributed by atoms with Crippen molar-refractivity contribution >= 4 is 11.6 Å². The van der Waals surface area contributed by atoms with Crippen molar-refractivity contribution in [3.63, 3.8) is 0 Å². The first-order valence-corrected chi connectivity index (χ1v) is 6.18. The molecule has 0 spiro atoms. The van der Waals surface area contributed by atoms with Crippen LogP contribution in [0.5, 0.6) is 5.75 Å². The SMILES string of the molecule is COc1ccc(NC(=O)C(C)CN)cc1C(C)C. The van der Waals surface area contributed by atoms with Gasteiger partial charge < -0.3 is 15.8 Å². The van der Waals surface area contributed by atoms with E-state index in [2.05, 4.69) is 19.2 Å². The van der Waals surface area contributed by atoms with Crippen LogP contribution in [0.3, 0.4) is 0 Å². The highest BCUT2D eigenvalue weighted by molar-refractivity contribution is 5.92. The van der Waals surface area contributed by atoms with Crippen LogP contribution < -0.4 is 15.8 Å². The van der Waals surface area contributed by atoms with Crippen molar-refractivity contribution in [1.82, 2.24) is 0 Å². The van der Waals surface area contributed by atoms with Gasteiger partial charge in [-0.15, -0.1) is 0 Å². The van der Waals surface area contributed by atoms with Crippen LogP contribution in [0.25, 0.3) is 0 Å². The lowest BCUT2D eigenvalue weighted by atomic mass is 10.0. The quantitative estimate of drug-likeness (QED) is 0.843. The fraction of sp³-hybridized carbons (Fsp3) is 0.500. The van der Waals surface area contributed by atoms with Gasteiger partial charge in [-0.25, -0.2) is 0 Å². The van der Waals surface area contributed by atoms with Gasteiger partial charge in [-0.05, 0) is 29.7 Å². The molecule has 0 aromatic heterocycles. The maximum absolute atomic E-state index is 11.8. The van der Waals surface area contributed by atoms with Gasteiger partial charge in [-0.2, -0.15) is 0 Å². The molecule has 0 radical (unpaired) electrons. The molecule has 0 aliphatic carbocycles. The molecule has 0 bridgehead atoms. The molecule has 1 atom stereocenters. The number of carbonyl (C=O) groups is 1. The van der Waals surface area contributed by atoms with Gasteiger partial charge in [0.2, 0.25) is 5.91 Å². The Morgan fingerprint density at radius 2 is 2.06 bits per heavy atom. The van der Waals surface area contributed by atoms with E-state index in [0.29, 0.717) is 12.5 Å². The predicted molar refractivity (Wildman–Crippen MR) is 73.9 cm³/mol. The topological polar surface area (TPSA) is 64.3 Å². The first-order chi connectivity index (χ1) is 8.49. The summed E-state index contributed by atoms with van der Waals surface area (Å²) in [5.41, 5.74) is 7.33. The van der Waals surface area contributed by atoms with Crippen molar-refractivity contribution in [1.29, 1.82) is 0 Å². The molecule has 100 valence electrons. The lowest BCUT2D eigenvalue weighted by Crippen LogP contribution is -2.26. The van der Waals surface area contributed by atoms with Crippen molar-refractivity contribution in [2.45, 2.75) is 26.7 Å². The Kier molecular flexibility index (Phi) is 5.16. The number of methoxy groups -OCH3 is 1. The monoisotopic (exact) mass is 250 g/mol. The third kappa shape index (κ3) is 3.47. The normalized spacial score (nSPS) is 12.3. The lowest BCUT2D eigenvalue weighted by molar-refractivity contribution is -0.119. The molecule has 0 saturated carbocycles. The number of benzene rings is 1. The zero-order chi connectivity index (χ0) is 13.7. The maximum atomic E-state index is 11.8. The van der Waals surface area contributed by atoms with Crippen molar-refractivity contribution in [3.05, 3.63) is 23.8 Å². The molecule has 1 amide bonds. The Labute approximate surface area is 109 Å². The minimum Gasteiger partial charge on any atom is -0.496 e. The van der Waals surface area contributed by atoms with E-state index in [4.69, 9.17) is 10.5 Å². The summed E-state index contributed by atoms with van der Waals surface area (Å²) in [4.78, 5) is 11.8. The summed E-state index contributed by atoms with van der Waals surface area (Å²) in [7, 11) is 1.65. The summed E-state index contributed by atoms with van der Waals surface area (Å²) in [5, 5.41) is 2.86. The Balaban J connectivity index is 2.91. The van der Waals surface area contributed by atoms with Crippen molar-refractivity contribution in [2.75, 3.05) is 19.0 Å². The molecule has 1 rings (SSSR count). The highest BCUT2D eigenvalue weighted by Crippen LogP contribution is 2.29. The number of nitrogens with one attached hydrogen (secondary N) is 1. The van der Waals surface area contributed by atoms with E-state index >= 15 is 0 Å². The predicted octanol–water partition coefficient (Wildman–Crippen LogP) is 2.35. The minimum atomic E-state index is -0.186. The van der Waals surface area contributed by atoms with Gasteiger partial charge in [0.25, 0.3) is 0 Å². The third-order valence-electron chi connectivity index (χ3n) is 2.92. The van der Waals surface area contributed by atoms with E-state index in [1.54, 1.807) is 7.11 Å². The van der Waals surface area contributed by atoms with Crippen LogP contribution in [-0.2, 0) is 4.79 Å². The molecule has 0 heterocycles. The second-order valence-electron chi connectivity index (χ2n) is 4.74. The molecule has 4 nitrogen and oxygen atoms in total. The molecular formula is C14H22N2O2. The van der Waals surface area contributed by atoms with Gasteiger partial charge in [-0.3, -0.25) is 4.79 Å². The Morgan fingerprint density at radius 3 is 2.56 bits per heavy atom. The first kappa shape index (κ1) is 14.5. The average Bonchev–Trinajstić information content (AvgIpc) is 2.37. The summed E-state index contributed by atoms with van der Waals surface area (Å²) >= 11 is 0. The molecule has 18 heavy (non-hydrogen) atoms.